The van der Waals surface area contributed by atoms with E-state index in [1.54, 1.807) is 84.9 Å². The van der Waals surface area contributed by atoms with Gasteiger partial charge < -0.3 is 63.8 Å². The van der Waals surface area contributed by atoms with E-state index in [0.29, 0.717) is 25.4 Å². The zero-order valence-electron chi connectivity index (χ0n) is 53.3. The van der Waals surface area contributed by atoms with Crippen LogP contribution in [0.3, 0.4) is 0 Å². The molecule has 3 aromatic rings. The number of ether oxygens (including phenoxy) is 6. The van der Waals surface area contributed by atoms with Crippen LogP contribution in [0.15, 0.2) is 72.8 Å². The third-order valence-corrected chi connectivity index (χ3v) is 22.4. The van der Waals surface area contributed by atoms with Crippen molar-refractivity contribution in [2.24, 2.45) is 17.8 Å². The molecule has 6 rings (SSSR count). The van der Waals surface area contributed by atoms with Gasteiger partial charge in [-0.05, 0) is 180 Å². The number of hydrogen-bond acceptors (Lipinski definition) is 14. The third-order valence-electron chi connectivity index (χ3n) is 17.9. The fourth-order valence-electron chi connectivity index (χ4n) is 13.1. The van der Waals surface area contributed by atoms with E-state index in [0.717, 1.165) is 35.2 Å². The van der Waals surface area contributed by atoms with Crippen molar-refractivity contribution < 1.29 is 102 Å². The van der Waals surface area contributed by atoms with Crippen molar-refractivity contribution in [3.05, 3.63) is 90.2 Å². The van der Waals surface area contributed by atoms with E-state index in [1.807, 2.05) is 32.8 Å². The van der Waals surface area contributed by atoms with Crippen LogP contribution in [0.5, 0.6) is 0 Å². The Labute approximate surface area is 518 Å². The quantitative estimate of drug-likeness (QED) is 0.0349. The van der Waals surface area contributed by atoms with Gasteiger partial charge in [-0.1, -0.05) is 33.6 Å². The first-order valence-corrected chi connectivity index (χ1v) is 34.5. The molecule has 0 unspecified atom stereocenters. The summed E-state index contributed by atoms with van der Waals surface area (Å²) in [6.07, 6.45) is -6.03. The normalized spacial score (nSPS) is 34.7. The summed E-state index contributed by atoms with van der Waals surface area (Å²) in [6, 6.07) is 17.6. The Morgan fingerprint density at radius 3 is 1.69 bits per heavy atom. The van der Waals surface area contributed by atoms with E-state index in [-0.39, 0.29) is 50.3 Å². The summed E-state index contributed by atoms with van der Waals surface area (Å²) in [4.78, 5) is 32.9. The van der Waals surface area contributed by atoms with Crippen molar-refractivity contribution in [3.8, 4) is 0 Å². The zero-order chi connectivity index (χ0) is 67.1. The first kappa shape index (κ1) is 76.1. The molecule has 508 valence electrons. The fourth-order valence-corrected chi connectivity index (χ4v) is 17.4. The second kappa shape index (κ2) is 29.8. The van der Waals surface area contributed by atoms with Gasteiger partial charge in [0.05, 0.1) is 53.7 Å². The summed E-state index contributed by atoms with van der Waals surface area (Å²) in [6.45, 7) is 16.9. The molecule has 1 amide bonds. The van der Waals surface area contributed by atoms with Gasteiger partial charge in [-0.15, -0.1) is 0 Å². The molecule has 3 fully saturated rings. The number of carbonyl (C=O) groups excluding carboxylic acids is 2. The summed E-state index contributed by atoms with van der Waals surface area (Å²) >= 11 is 0. The molecule has 0 bridgehead atoms. The fraction of sp³-hybridized carbons (Fsp3) is 0.683. The van der Waals surface area contributed by atoms with Crippen LogP contribution >= 0.6 is 15.1 Å². The molecule has 0 radical (unpaired) electrons. The average molecular weight is 1320 g/mol. The van der Waals surface area contributed by atoms with Gasteiger partial charge in [0.2, 0.25) is 5.91 Å². The number of amides is 1. The average Bonchev–Trinajstić information content (AvgIpc) is 1.41. The van der Waals surface area contributed by atoms with Gasteiger partial charge in [-0.2, -0.15) is 0 Å². The van der Waals surface area contributed by atoms with Gasteiger partial charge in [0.1, 0.15) is 70.6 Å². The number of nitrogens with zero attached hydrogens (tertiary/aromatic N) is 2. The molecule has 0 aromatic heterocycles. The molecule has 26 heteroatoms. The summed E-state index contributed by atoms with van der Waals surface area (Å²) in [7, 11) is -8.00. The SMILES string of the molecule is CC[C@H]1OC(=O)[C@H](C)[C@@H](O[C@H]2C[C@@](C)(OC)[C@@H](O)[C@H](C)O2)[C@H](C)[C@@H](O[C@@H]2O[C@H](C)C[C@H](N(C)C)[C@H]2O)[C@](C)(O)C[C@@H](C)CN(C(=O)CCCCCCC[P+](c2ccc(F)cc2)(c2ccc(F)cc2)c2ccc(F)cc2)[C@H](C)[C@@H](O)[C@]1(C)O.F[P-](F)(F)(F)(F)F. The van der Waals surface area contributed by atoms with Crippen LogP contribution in [0.2, 0.25) is 0 Å². The number of hydrogen-bond donors (Lipinski definition) is 5. The molecule has 0 aliphatic carbocycles. The molecule has 18 atom stereocenters. The van der Waals surface area contributed by atoms with Crippen molar-refractivity contribution in [2.45, 2.75) is 224 Å². The Morgan fingerprint density at radius 1 is 0.730 bits per heavy atom. The van der Waals surface area contributed by atoms with Crippen molar-refractivity contribution in [3.63, 3.8) is 0 Å². The number of aliphatic hydroxyl groups is 5. The van der Waals surface area contributed by atoms with Crippen LogP contribution in [0.4, 0.5) is 38.4 Å². The van der Waals surface area contributed by atoms with Crippen LogP contribution in [0.25, 0.3) is 0 Å². The number of cyclic esters (lactones) is 1. The first-order valence-electron chi connectivity index (χ1n) is 30.5. The van der Waals surface area contributed by atoms with Crippen LogP contribution in [0.1, 0.15) is 133 Å². The standard InChI is InChI=1S/C63H95F3N2O13P.F6P/c1-14-51-63(10,75)56(71)42(6)68(52(69)20-18-16-15-17-19-33-82(47-27-21-44(64)22-28-47,48-29-23-45(65)24-30-48)49-31-25-46(66)26-32-49)37-38(2)35-61(8,74)58(81-60-54(70)50(67(11)12)34-39(3)77-60)40(4)55(41(5)59(73)79-51)80-53-36-62(9,76-13)57(72)43(7)78-53;1-7(2,3,4,5)6/h21-32,38-43,50-51,53-58,60,70-72,74-75H,14-20,33-37H2,1-13H3;/q+1;-1/t38-,39-,40+,41-,42-,43+,50+,51-,53+,54-,55+,56-,57+,58-,60+,61-,62-,63-;/m1./s1. The van der Waals surface area contributed by atoms with E-state index in [1.165, 1.54) is 55.3 Å². The summed E-state index contributed by atoms with van der Waals surface area (Å²) < 4.78 is 141. The second-order valence-corrected chi connectivity index (χ2v) is 31.2. The van der Waals surface area contributed by atoms with Gasteiger partial charge in [0.15, 0.2) is 12.6 Å². The van der Waals surface area contributed by atoms with Crippen molar-refractivity contribution in [1.29, 1.82) is 0 Å². The Balaban J connectivity index is 0.00000194. The number of carbonyl (C=O) groups is 2. The molecule has 5 N–H and O–H groups in total. The van der Waals surface area contributed by atoms with Crippen LogP contribution < -0.4 is 15.9 Å². The molecule has 3 aromatic carbocycles. The molecular formula is C63H95F9N2O13P2. The van der Waals surface area contributed by atoms with E-state index in [9.17, 15) is 73.5 Å². The maximum atomic E-state index is 14.7. The Bertz CT molecular complexity index is 2620. The van der Waals surface area contributed by atoms with Crippen molar-refractivity contribution in [2.75, 3.05) is 33.9 Å². The van der Waals surface area contributed by atoms with Gasteiger partial charge in [-0.3, -0.25) is 9.59 Å². The minimum absolute atomic E-state index is 0.00636. The number of aliphatic hydroxyl groups excluding tert-OH is 3. The van der Waals surface area contributed by atoms with E-state index >= 15 is 0 Å². The maximum absolute atomic E-state index is 14.7. The number of methoxy groups -OCH3 is 1. The molecule has 15 nitrogen and oxygen atoms in total. The monoisotopic (exact) mass is 1320 g/mol. The third kappa shape index (κ3) is 20.7. The molecule has 3 heterocycles. The Kier molecular flexibility index (Phi) is 25.5. The Hall–Kier alpha value is -3.61. The predicted molar refractivity (Wildman–Crippen MR) is 324 cm³/mol. The number of benzene rings is 3. The van der Waals surface area contributed by atoms with E-state index < -0.39 is 134 Å². The molecule has 3 saturated heterocycles. The molecular weight excluding hydrogens is 1230 g/mol. The molecule has 3 aliphatic rings. The minimum atomic E-state index is -10.7. The van der Waals surface area contributed by atoms with Gasteiger partial charge in [0.25, 0.3) is 0 Å². The number of rotatable bonds is 18. The van der Waals surface area contributed by atoms with Crippen LogP contribution in [-0.2, 0) is 38.0 Å². The topological polar surface area (TPSA) is 197 Å². The summed E-state index contributed by atoms with van der Waals surface area (Å²) in [5.74, 6) is -4.77. The Morgan fingerprint density at radius 2 is 1.21 bits per heavy atom. The van der Waals surface area contributed by atoms with Crippen molar-refractivity contribution in [1.82, 2.24) is 9.80 Å². The molecule has 3 aliphatic heterocycles. The van der Waals surface area contributed by atoms with Crippen molar-refractivity contribution >= 4 is 42.9 Å². The van der Waals surface area contributed by atoms with Gasteiger partial charge in [0, 0.05) is 38.5 Å². The van der Waals surface area contributed by atoms with Crippen LogP contribution in [0, 0.1) is 35.2 Å². The molecule has 0 spiro atoms. The number of halogens is 9. The number of unbranched alkanes of at least 4 members (excludes halogenated alkanes) is 4. The number of likely N-dealkylation sites (N-methyl/N-ethyl adjacent to an activating group) is 1. The summed E-state index contributed by atoms with van der Waals surface area (Å²) in [5.41, 5.74) is -4.96. The molecule has 89 heavy (non-hydrogen) atoms. The summed E-state index contributed by atoms with van der Waals surface area (Å²) in [5, 5.41) is 63.2. The van der Waals surface area contributed by atoms with Gasteiger partial charge >= 0.3 is 39.0 Å². The predicted octanol–water partition coefficient (Wildman–Crippen LogP) is 10.9. The van der Waals surface area contributed by atoms with Crippen LogP contribution in [-0.4, -0.2) is 171 Å². The zero-order valence-corrected chi connectivity index (χ0v) is 55.1. The second-order valence-electron chi connectivity index (χ2n) is 25.7. The first-order chi connectivity index (χ1) is 41.0. The van der Waals surface area contributed by atoms with E-state index in [4.69, 9.17) is 28.4 Å². The molecule has 0 saturated carbocycles. The van der Waals surface area contributed by atoms with E-state index in [2.05, 4.69) is 0 Å². The number of esters is 1. The van der Waals surface area contributed by atoms with Gasteiger partial charge in [-0.25, -0.2) is 13.2 Å².